The predicted molar refractivity (Wildman–Crippen MR) is 50.1 cm³/mol. The summed E-state index contributed by atoms with van der Waals surface area (Å²) >= 11 is 0. The zero-order valence-corrected chi connectivity index (χ0v) is 7.68. The molecule has 1 N–H and O–H groups in total. The first-order valence-corrected chi connectivity index (χ1v) is 4.34. The predicted octanol–water partition coefficient (Wildman–Crippen LogP) is 1.24. The zero-order chi connectivity index (χ0) is 9.23. The van der Waals surface area contributed by atoms with Crippen LogP contribution in [0.25, 0.3) is 0 Å². The van der Waals surface area contributed by atoms with Crippen LogP contribution in [0.3, 0.4) is 0 Å². The Kier molecular flexibility index (Phi) is 7.70. The van der Waals surface area contributed by atoms with Gasteiger partial charge in [-0.1, -0.05) is 25.8 Å². The lowest BCUT2D eigenvalue weighted by atomic mass is 10.2. The Morgan fingerprint density at radius 1 is 1.58 bits per heavy atom. The van der Waals surface area contributed by atoms with Crippen LogP contribution in [0.2, 0.25) is 0 Å². The molecule has 12 heavy (non-hydrogen) atoms. The molecule has 0 unspecified atom stereocenters. The average molecular weight is 169 g/mol. The second-order valence-electron chi connectivity index (χ2n) is 2.60. The highest BCUT2D eigenvalue weighted by atomic mass is 16.1. The van der Waals surface area contributed by atoms with Gasteiger partial charge in [0.1, 0.15) is 0 Å². The van der Waals surface area contributed by atoms with Crippen molar-refractivity contribution in [2.75, 3.05) is 13.1 Å². The number of amides is 1. The van der Waals surface area contributed by atoms with Gasteiger partial charge in [0.25, 0.3) is 0 Å². The normalized spacial score (nSPS) is 9.42. The molecule has 0 bridgehead atoms. The second kappa shape index (κ2) is 8.27. The maximum atomic E-state index is 10.3. The summed E-state index contributed by atoms with van der Waals surface area (Å²) in [4.78, 5) is 10.3. The molecule has 0 saturated heterocycles. The number of rotatable bonds is 8. The van der Waals surface area contributed by atoms with E-state index in [2.05, 4.69) is 18.9 Å². The van der Waals surface area contributed by atoms with Crippen molar-refractivity contribution in [3.05, 3.63) is 12.7 Å². The number of hydrogen-bond acceptors (Lipinski definition) is 2. The third kappa shape index (κ3) is 5.92. The van der Waals surface area contributed by atoms with E-state index >= 15 is 0 Å². The smallest absolute Gasteiger partial charge is 0.269 e. The van der Waals surface area contributed by atoms with Gasteiger partial charge < -0.3 is 0 Å². The van der Waals surface area contributed by atoms with Gasteiger partial charge in [-0.15, -0.1) is 6.58 Å². The van der Waals surface area contributed by atoms with E-state index in [1.807, 2.05) is 6.41 Å². The fourth-order valence-corrected chi connectivity index (χ4v) is 0.852. The van der Waals surface area contributed by atoms with Crippen LogP contribution in [-0.2, 0) is 4.79 Å². The summed E-state index contributed by atoms with van der Waals surface area (Å²) < 4.78 is 0. The molecule has 69 valence electrons. The van der Waals surface area contributed by atoms with Crippen LogP contribution in [-0.4, -0.2) is 24.5 Å². The lowest BCUT2D eigenvalue weighted by Crippen LogP contribution is -2.37. The molecule has 1 radical (unpaired) electrons. The Labute approximate surface area is 74.4 Å². The summed E-state index contributed by atoms with van der Waals surface area (Å²) in [5.74, 6) is 0. The van der Waals surface area contributed by atoms with E-state index in [1.54, 1.807) is 6.08 Å². The van der Waals surface area contributed by atoms with Crippen molar-refractivity contribution in [3.63, 3.8) is 0 Å². The lowest BCUT2D eigenvalue weighted by Gasteiger charge is -2.15. The van der Waals surface area contributed by atoms with Gasteiger partial charge in [-0.3, -0.25) is 9.80 Å². The van der Waals surface area contributed by atoms with Gasteiger partial charge in [0, 0.05) is 13.1 Å². The first-order chi connectivity index (χ1) is 5.85. The van der Waals surface area contributed by atoms with E-state index in [0.717, 1.165) is 25.8 Å². The Balaban J connectivity index is 3.38. The molecule has 0 saturated carbocycles. The van der Waals surface area contributed by atoms with Crippen LogP contribution >= 0.6 is 0 Å². The van der Waals surface area contributed by atoms with Crippen LogP contribution in [0.1, 0.15) is 26.2 Å². The molecule has 0 aliphatic heterocycles. The van der Waals surface area contributed by atoms with Crippen LogP contribution in [0.5, 0.6) is 0 Å². The van der Waals surface area contributed by atoms with Gasteiger partial charge in [-0.25, -0.2) is 5.43 Å². The molecule has 0 aromatic carbocycles. The highest BCUT2D eigenvalue weighted by Gasteiger charge is 1.98. The number of carbonyl (C=O) groups excluding carboxylic acids is 1. The SMILES string of the molecule is C=CCNN([C]=O)CCCCC. The molecule has 0 aliphatic carbocycles. The monoisotopic (exact) mass is 169 g/mol. The van der Waals surface area contributed by atoms with Crippen molar-refractivity contribution in [1.82, 2.24) is 10.4 Å². The standard InChI is InChI=1S/C9H17N2O/c1-3-5-6-8-11(9-12)10-7-4-2/h4,10H,2-3,5-8H2,1H3. The summed E-state index contributed by atoms with van der Waals surface area (Å²) in [6.45, 7) is 7.02. The third-order valence-corrected chi connectivity index (χ3v) is 1.52. The largest absolute Gasteiger partial charge is 0.327 e. The maximum absolute atomic E-state index is 10.3. The maximum Gasteiger partial charge on any atom is 0.327 e. The highest BCUT2D eigenvalue weighted by molar-refractivity contribution is 5.47. The number of hydrogen-bond donors (Lipinski definition) is 1. The fourth-order valence-electron chi connectivity index (χ4n) is 0.852. The van der Waals surface area contributed by atoms with Gasteiger partial charge in [0.05, 0.1) is 0 Å². The molecule has 0 fully saturated rings. The summed E-state index contributed by atoms with van der Waals surface area (Å²) in [6, 6.07) is 0. The molecule has 0 aromatic rings. The molecule has 0 atom stereocenters. The third-order valence-electron chi connectivity index (χ3n) is 1.52. The van der Waals surface area contributed by atoms with Crippen molar-refractivity contribution < 1.29 is 4.79 Å². The van der Waals surface area contributed by atoms with Crippen molar-refractivity contribution >= 4 is 6.41 Å². The Morgan fingerprint density at radius 3 is 2.83 bits per heavy atom. The first-order valence-electron chi connectivity index (χ1n) is 4.34. The minimum Gasteiger partial charge on any atom is -0.269 e. The molecular weight excluding hydrogens is 152 g/mol. The van der Waals surface area contributed by atoms with E-state index in [-0.39, 0.29) is 0 Å². The molecule has 3 nitrogen and oxygen atoms in total. The number of nitrogens with zero attached hydrogens (tertiary/aromatic N) is 1. The van der Waals surface area contributed by atoms with E-state index in [1.165, 1.54) is 5.01 Å². The molecule has 0 spiro atoms. The molecule has 0 rings (SSSR count). The summed E-state index contributed by atoms with van der Waals surface area (Å²) in [5.41, 5.74) is 2.87. The summed E-state index contributed by atoms with van der Waals surface area (Å²) in [6.07, 6.45) is 6.86. The molecular formula is C9H17N2O. The molecule has 3 heteroatoms. The van der Waals surface area contributed by atoms with Gasteiger partial charge in [-0.2, -0.15) is 0 Å². The van der Waals surface area contributed by atoms with E-state index in [9.17, 15) is 4.79 Å². The van der Waals surface area contributed by atoms with Gasteiger partial charge >= 0.3 is 6.41 Å². The Morgan fingerprint density at radius 2 is 2.33 bits per heavy atom. The van der Waals surface area contributed by atoms with E-state index < -0.39 is 0 Å². The molecule has 0 aliphatic rings. The Bertz CT molecular complexity index is 126. The van der Waals surface area contributed by atoms with Crippen molar-refractivity contribution in [1.29, 1.82) is 0 Å². The fraction of sp³-hybridized carbons (Fsp3) is 0.667. The van der Waals surface area contributed by atoms with Crippen LogP contribution in [0, 0.1) is 0 Å². The average Bonchev–Trinajstić information content (AvgIpc) is 2.11. The van der Waals surface area contributed by atoms with Crippen molar-refractivity contribution in [2.24, 2.45) is 0 Å². The van der Waals surface area contributed by atoms with E-state index in [0.29, 0.717) is 6.54 Å². The van der Waals surface area contributed by atoms with Crippen LogP contribution in [0.4, 0.5) is 0 Å². The lowest BCUT2D eigenvalue weighted by molar-refractivity contribution is 0.295. The quantitative estimate of drug-likeness (QED) is 0.256. The topological polar surface area (TPSA) is 32.3 Å². The minimum absolute atomic E-state index is 0.612. The van der Waals surface area contributed by atoms with Gasteiger partial charge in [-0.05, 0) is 6.42 Å². The van der Waals surface area contributed by atoms with Gasteiger partial charge in [0.15, 0.2) is 0 Å². The summed E-state index contributed by atoms with van der Waals surface area (Å²) in [5, 5.41) is 1.44. The summed E-state index contributed by atoms with van der Waals surface area (Å²) in [7, 11) is 0. The Hall–Kier alpha value is -0.830. The zero-order valence-electron chi connectivity index (χ0n) is 7.68. The molecule has 1 amide bonds. The van der Waals surface area contributed by atoms with Crippen LogP contribution < -0.4 is 5.43 Å². The van der Waals surface area contributed by atoms with Crippen molar-refractivity contribution in [3.8, 4) is 0 Å². The highest BCUT2D eigenvalue weighted by Crippen LogP contribution is 1.94. The van der Waals surface area contributed by atoms with Crippen molar-refractivity contribution in [2.45, 2.75) is 26.2 Å². The minimum atomic E-state index is 0.612. The van der Waals surface area contributed by atoms with Crippen LogP contribution in [0.15, 0.2) is 12.7 Å². The number of nitrogens with one attached hydrogen (secondary N) is 1. The number of unbranched alkanes of at least 4 members (excludes halogenated alkanes) is 2. The number of hydrazine groups is 1. The van der Waals surface area contributed by atoms with Gasteiger partial charge in [0.2, 0.25) is 0 Å². The van der Waals surface area contributed by atoms with E-state index in [4.69, 9.17) is 0 Å². The molecule has 0 aromatic heterocycles. The first kappa shape index (κ1) is 11.2. The molecule has 0 heterocycles. The second-order valence-corrected chi connectivity index (χ2v) is 2.60.